The molecule has 0 N–H and O–H groups in total. The molecule has 0 spiro atoms. The number of benzene rings is 1. The Balaban J connectivity index is 1.53. The van der Waals surface area contributed by atoms with Crippen molar-refractivity contribution in [2.45, 2.75) is 13.1 Å². The van der Waals surface area contributed by atoms with Gasteiger partial charge in [0.05, 0.1) is 31.0 Å². The van der Waals surface area contributed by atoms with E-state index in [0.29, 0.717) is 32.3 Å². The van der Waals surface area contributed by atoms with Crippen molar-refractivity contribution in [3.8, 4) is 0 Å². The third-order valence-corrected chi connectivity index (χ3v) is 4.33. The van der Waals surface area contributed by atoms with Gasteiger partial charge in [-0.3, -0.25) is 4.79 Å². The van der Waals surface area contributed by atoms with Gasteiger partial charge in [-0.1, -0.05) is 12.1 Å². The molecule has 0 unspecified atom stereocenters. The molecule has 2 aliphatic rings. The Hall–Kier alpha value is -2.54. The summed E-state index contributed by atoms with van der Waals surface area (Å²) in [5.74, 6) is -0.158. The summed E-state index contributed by atoms with van der Waals surface area (Å²) in [6.07, 6.45) is 1.77. The maximum Gasteiger partial charge on any atom is 0.257 e. The van der Waals surface area contributed by atoms with Crippen LogP contribution in [0.4, 0.5) is 10.3 Å². The van der Waals surface area contributed by atoms with Crippen LogP contribution in [0.1, 0.15) is 21.6 Å². The molecule has 1 saturated heterocycles. The fraction of sp³-hybridized carbons (Fsp3) is 0.353. The predicted octanol–water partition coefficient (Wildman–Crippen LogP) is 1.61. The second-order valence-electron chi connectivity index (χ2n) is 5.88. The maximum absolute atomic E-state index is 13.8. The van der Waals surface area contributed by atoms with Gasteiger partial charge in [0, 0.05) is 31.4 Å². The Morgan fingerprint density at radius 3 is 2.75 bits per heavy atom. The van der Waals surface area contributed by atoms with E-state index < -0.39 is 5.82 Å². The summed E-state index contributed by atoms with van der Waals surface area (Å²) >= 11 is 0. The summed E-state index contributed by atoms with van der Waals surface area (Å²) in [5.41, 5.74) is 1.83. The highest BCUT2D eigenvalue weighted by Gasteiger charge is 2.28. The van der Waals surface area contributed by atoms with Crippen LogP contribution in [0.15, 0.2) is 30.5 Å². The number of fused-ring (bicyclic) bond motifs is 1. The van der Waals surface area contributed by atoms with Crippen molar-refractivity contribution >= 4 is 11.9 Å². The van der Waals surface area contributed by atoms with E-state index in [-0.39, 0.29) is 11.5 Å². The number of aromatic nitrogens is 2. The van der Waals surface area contributed by atoms with E-state index in [0.717, 1.165) is 24.3 Å². The maximum atomic E-state index is 13.8. The molecule has 1 amide bonds. The second-order valence-corrected chi connectivity index (χ2v) is 5.88. The molecule has 1 fully saturated rings. The highest BCUT2D eigenvalue weighted by Crippen LogP contribution is 2.25. The number of carbonyl (C=O) groups excluding carboxylic acids is 1. The van der Waals surface area contributed by atoms with Gasteiger partial charge < -0.3 is 14.5 Å². The molecule has 2 aliphatic heterocycles. The van der Waals surface area contributed by atoms with E-state index in [4.69, 9.17) is 4.74 Å². The molecular formula is C17H17FN4O2. The second kappa shape index (κ2) is 6.16. The summed E-state index contributed by atoms with van der Waals surface area (Å²) in [6, 6.07) is 6.04. The van der Waals surface area contributed by atoms with Crippen LogP contribution in [0.3, 0.4) is 0 Å². The molecule has 0 aliphatic carbocycles. The summed E-state index contributed by atoms with van der Waals surface area (Å²) in [6.45, 7) is 3.64. The highest BCUT2D eigenvalue weighted by molar-refractivity contribution is 5.94. The average molecular weight is 328 g/mol. The zero-order valence-electron chi connectivity index (χ0n) is 13.1. The van der Waals surface area contributed by atoms with Crippen LogP contribution in [0.5, 0.6) is 0 Å². The number of hydrogen-bond donors (Lipinski definition) is 0. The van der Waals surface area contributed by atoms with Gasteiger partial charge in [0.2, 0.25) is 5.95 Å². The lowest BCUT2D eigenvalue weighted by Crippen LogP contribution is -2.37. The lowest BCUT2D eigenvalue weighted by atomic mass is 10.2. The molecule has 124 valence electrons. The Morgan fingerprint density at radius 1 is 1.17 bits per heavy atom. The van der Waals surface area contributed by atoms with Crippen molar-refractivity contribution in [2.75, 3.05) is 31.2 Å². The molecule has 1 aromatic heterocycles. The molecule has 0 saturated carbocycles. The summed E-state index contributed by atoms with van der Waals surface area (Å²) < 4.78 is 19.2. The van der Waals surface area contributed by atoms with Gasteiger partial charge in [-0.25, -0.2) is 14.4 Å². The summed E-state index contributed by atoms with van der Waals surface area (Å²) in [7, 11) is 0. The van der Waals surface area contributed by atoms with E-state index in [1.165, 1.54) is 12.1 Å². The molecule has 1 aromatic carbocycles. The smallest absolute Gasteiger partial charge is 0.257 e. The molecule has 0 bridgehead atoms. The zero-order valence-corrected chi connectivity index (χ0v) is 13.1. The minimum Gasteiger partial charge on any atom is -0.378 e. The van der Waals surface area contributed by atoms with E-state index >= 15 is 0 Å². The molecular weight excluding hydrogens is 311 g/mol. The quantitative estimate of drug-likeness (QED) is 0.838. The molecule has 24 heavy (non-hydrogen) atoms. The van der Waals surface area contributed by atoms with E-state index in [2.05, 4.69) is 14.9 Å². The van der Waals surface area contributed by atoms with Crippen molar-refractivity contribution < 1.29 is 13.9 Å². The van der Waals surface area contributed by atoms with Crippen molar-refractivity contribution in [1.29, 1.82) is 0 Å². The van der Waals surface area contributed by atoms with Crippen LogP contribution in [0.2, 0.25) is 0 Å². The van der Waals surface area contributed by atoms with E-state index in [9.17, 15) is 9.18 Å². The number of amides is 1. The standard InChI is InChI=1S/C17H17FN4O2/c18-14-4-2-1-3-13(14)16(23)22-10-12-9-19-17(20-15(12)11-22)21-5-7-24-8-6-21/h1-4,9H,5-8,10-11H2. The van der Waals surface area contributed by atoms with E-state index in [1.54, 1.807) is 23.2 Å². The monoisotopic (exact) mass is 328 g/mol. The number of ether oxygens (including phenoxy) is 1. The minimum absolute atomic E-state index is 0.0895. The third kappa shape index (κ3) is 2.71. The fourth-order valence-electron chi connectivity index (χ4n) is 3.01. The SMILES string of the molecule is O=C(c1ccccc1F)N1Cc2cnc(N3CCOCC3)nc2C1. The van der Waals surface area contributed by atoms with Crippen molar-refractivity contribution in [3.05, 3.63) is 53.1 Å². The Morgan fingerprint density at radius 2 is 1.96 bits per heavy atom. The first-order valence-corrected chi connectivity index (χ1v) is 7.93. The highest BCUT2D eigenvalue weighted by atomic mass is 19.1. The molecule has 7 heteroatoms. The van der Waals surface area contributed by atoms with Crippen LogP contribution in [-0.4, -0.2) is 47.1 Å². The first kappa shape index (κ1) is 15.0. The minimum atomic E-state index is -0.501. The molecule has 0 atom stereocenters. The number of morpholine rings is 1. The predicted molar refractivity (Wildman–Crippen MR) is 85.0 cm³/mol. The largest absolute Gasteiger partial charge is 0.378 e. The third-order valence-electron chi connectivity index (χ3n) is 4.33. The van der Waals surface area contributed by atoms with Crippen LogP contribution in [-0.2, 0) is 17.8 Å². The Labute approximate surface area is 138 Å². The van der Waals surface area contributed by atoms with Crippen molar-refractivity contribution in [1.82, 2.24) is 14.9 Å². The number of halogens is 1. The molecule has 6 nitrogen and oxygen atoms in total. The molecule has 0 radical (unpaired) electrons. The number of anilines is 1. The first-order valence-electron chi connectivity index (χ1n) is 7.93. The van der Waals surface area contributed by atoms with Gasteiger partial charge in [-0.2, -0.15) is 0 Å². The number of hydrogen-bond acceptors (Lipinski definition) is 5. The average Bonchev–Trinajstić information content (AvgIpc) is 3.05. The fourth-order valence-corrected chi connectivity index (χ4v) is 3.01. The summed E-state index contributed by atoms with van der Waals surface area (Å²) in [4.78, 5) is 25.2. The normalized spacial score (nSPS) is 17.0. The van der Waals surface area contributed by atoms with Gasteiger partial charge >= 0.3 is 0 Å². The Kier molecular flexibility index (Phi) is 3.86. The van der Waals surface area contributed by atoms with Gasteiger partial charge in [0.25, 0.3) is 5.91 Å². The van der Waals surface area contributed by atoms with Crippen molar-refractivity contribution in [2.24, 2.45) is 0 Å². The van der Waals surface area contributed by atoms with Crippen LogP contribution in [0.25, 0.3) is 0 Å². The topological polar surface area (TPSA) is 58.6 Å². The van der Waals surface area contributed by atoms with Crippen LogP contribution < -0.4 is 4.90 Å². The van der Waals surface area contributed by atoms with Gasteiger partial charge in [0.15, 0.2) is 0 Å². The summed E-state index contributed by atoms with van der Waals surface area (Å²) in [5, 5.41) is 0. The molecule has 4 rings (SSSR count). The zero-order chi connectivity index (χ0) is 16.5. The first-order chi connectivity index (χ1) is 11.7. The number of rotatable bonds is 2. The number of carbonyl (C=O) groups is 1. The van der Waals surface area contributed by atoms with Gasteiger partial charge in [0.1, 0.15) is 5.82 Å². The number of nitrogens with zero attached hydrogens (tertiary/aromatic N) is 4. The van der Waals surface area contributed by atoms with Gasteiger partial charge in [-0.15, -0.1) is 0 Å². The van der Waals surface area contributed by atoms with Gasteiger partial charge in [-0.05, 0) is 12.1 Å². The Bertz CT molecular complexity index is 777. The molecule has 2 aromatic rings. The lowest BCUT2D eigenvalue weighted by Gasteiger charge is -2.26. The lowest BCUT2D eigenvalue weighted by molar-refractivity contribution is 0.0745. The van der Waals surface area contributed by atoms with Crippen LogP contribution >= 0.6 is 0 Å². The van der Waals surface area contributed by atoms with Crippen LogP contribution in [0, 0.1) is 5.82 Å². The van der Waals surface area contributed by atoms with E-state index in [1.807, 2.05) is 0 Å². The van der Waals surface area contributed by atoms with Crippen molar-refractivity contribution in [3.63, 3.8) is 0 Å². The molecule has 3 heterocycles.